The molecule has 0 aromatic heterocycles. The molecule has 2 fully saturated rings. The van der Waals surface area contributed by atoms with E-state index in [0.29, 0.717) is 73.5 Å². The molecule has 0 bridgehead atoms. The molecule has 16 heteroatoms. The molecule has 0 radical (unpaired) electrons. The van der Waals surface area contributed by atoms with Crippen LogP contribution in [0.3, 0.4) is 0 Å². The first kappa shape index (κ1) is 100. The number of hydrogen-bond acceptors (Lipinski definition) is 16. The van der Waals surface area contributed by atoms with Crippen LogP contribution in [0.5, 0.6) is 0 Å². The summed E-state index contributed by atoms with van der Waals surface area (Å²) in [7, 11) is 0. The Morgan fingerprint density at radius 3 is 1.06 bits per heavy atom. The molecule has 2 aliphatic carbocycles. The third-order valence-corrected chi connectivity index (χ3v) is 16.1. The predicted molar refractivity (Wildman–Crippen MR) is 385 cm³/mol. The minimum absolute atomic E-state index is 0.00343. The zero-order valence-corrected chi connectivity index (χ0v) is 67.3. The van der Waals surface area contributed by atoms with E-state index in [1.807, 2.05) is 173 Å². The molecule has 0 saturated heterocycles. The molecule has 0 spiro atoms. The summed E-state index contributed by atoms with van der Waals surface area (Å²) in [6.07, 6.45) is 7.58. The van der Waals surface area contributed by atoms with Gasteiger partial charge in [-0.1, -0.05) is 129 Å². The highest BCUT2D eigenvalue weighted by Gasteiger charge is 2.54. The van der Waals surface area contributed by atoms with E-state index in [1.165, 1.54) is 12.8 Å². The van der Waals surface area contributed by atoms with Crippen molar-refractivity contribution >= 4 is 47.8 Å². The Morgan fingerprint density at radius 1 is 0.394 bits per heavy atom. The Kier molecular flexibility index (Phi) is 53.9. The second-order valence-corrected chi connectivity index (χ2v) is 31.3. The summed E-state index contributed by atoms with van der Waals surface area (Å²) in [6.45, 7) is 78.1. The summed E-state index contributed by atoms with van der Waals surface area (Å²) >= 11 is 0. The van der Waals surface area contributed by atoms with Crippen molar-refractivity contribution in [3.05, 3.63) is 24.3 Å². The summed E-state index contributed by atoms with van der Waals surface area (Å²) in [5.74, 6) is 2.45. The second kappa shape index (κ2) is 50.6. The molecule has 0 aliphatic heterocycles. The van der Waals surface area contributed by atoms with Gasteiger partial charge in [-0.3, -0.25) is 38.4 Å². The van der Waals surface area contributed by atoms with E-state index in [9.17, 15) is 38.4 Å². The number of allylic oxidation sites excluding steroid dienone is 1. The van der Waals surface area contributed by atoms with Crippen LogP contribution < -0.4 is 0 Å². The Balaban J connectivity index is -0.000000236. The van der Waals surface area contributed by atoms with E-state index in [-0.39, 0.29) is 124 Å². The van der Waals surface area contributed by atoms with Gasteiger partial charge in [-0.05, 0) is 223 Å². The minimum Gasteiger partial charge on any atom is -0.463 e. The van der Waals surface area contributed by atoms with Gasteiger partial charge in [0.2, 0.25) is 0 Å². The van der Waals surface area contributed by atoms with Crippen LogP contribution in [0.2, 0.25) is 0 Å². The van der Waals surface area contributed by atoms with Crippen LogP contribution in [0.1, 0.15) is 313 Å². The first-order valence-corrected chi connectivity index (χ1v) is 35.3. The van der Waals surface area contributed by atoms with Gasteiger partial charge < -0.3 is 37.9 Å². The predicted octanol–water partition coefficient (Wildman–Crippen LogP) is 19.8. The Hall–Kier alpha value is -4.76. The SMILES string of the molecule is C=C(C)CC(=O)OC(C)C.C=C(C)CCC(=O)OC(C)C.CC(C)OC(=O)C(C)(C)C(C)C.CC(C)OC(=O)C(C)C(C)C.CC(C)OC(=O)C1(C(C)C)CC1.CC(C)OC(=O)CC(C)(C)C(C)C.CC(C)OC(=O)CC(C)C(C)C.CC(C)OC(=O)CC1(C(C)C)CC1. The summed E-state index contributed by atoms with van der Waals surface area (Å²) in [4.78, 5) is 89.8. The van der Waals surface area contributed by atoms with Crippen LogP contribution in [0.25, 0.3) is 0 Å². The van der Waals surface area contributed by atoms with Gasteiger partial charge in [0.25, 0.3) is 0 Å². The molecular weight excluding hydrogens is 1190 g/mol. The van der Waals surface area contributed by atoms with Gasteiger partial charge in [-0.2, -0.15) is 0 Å². The first-order valence-electron chi connectivity index (χ1n) is 35.3. The fraction of sp³-hybridized carbons (Fsp3) is 0.846. The lowest BCUT2D eigenvalue weighted by Gasteiger charge is -2.28. The number of esters is 8. The van der Waals surface area contributed by atoms with Crippen molar-refractivity contribution in [3.63, 3.8) is 0 Å². The largest absolute Gasteiger partial charge is 0.463 e. The van der Waals surface area contributed by atoms with Crippen LogP contribution in [-0.4, -0.2) is 96.6 Å². The van der Waals surface area contributed by atoms with Crippen molar-refractivity contribution < 1.29 is 76.3 Å². The van der Waals surface area contributed by atoms with Crippen molar-refractivity contribution in [2.24, 2.45) is 69.0 Å². The molecule has 0 heterocycles. The topological polar surface area (TPSA) is 210 Å². The maximum Gasteiger partial charge on any atom is 0.312 e. The van der Waals surface area contributed by atoms with Gasteiger partial charge in [0.1, 0.15) is 0 Å². The molecule has 2 saturated carbocycles. The Morgan fingerprint density at radius 2 is 0.766 bits per heavy atom. The molecular formula is C78H148O16. The molecule has 556 valence electrons. The van der Waals surface area contributed by atoms with Gasteiger partial charge in [0.05, 0.1) is 84.8 Å². The van der Waals surface area contributed by atoms with Crippen molar-refractivity contribution in [1.29, 1.82) is 0 Å². The lowest BCUT2D eigenvalue weighted by Crippen LogP contribution is -2.33. The first-order chi connectivity index (χ1) is 42.4. The third kappa shape index (κ3) is 55.4. The molecule has 2 rings (SSSR count). The smallest absolute Gasteiger partial charge is 0.312 e. The van der Waals surface area contributed by atoms with Crippen LogP contribution in [-0.2, 0) is 76.3 Å². The highest BCUT2D eigenvalue weighted by atomic mass is 16.6. The molecule has 0 aromatic carbocycles. The minimum atomic E-state index is -0.371. The van der Waals surface area contributed by atoms with Gasteiger partial charge in [-0.15, -0.1) is 6.58 Å². The van der Waals surface area contributed by atoms with E-state index in [4.69, 9.17) is 37.9 Å². The molecule has 0 aromatic rings. The molecule has 2 aliphatic rings. The van der Waals surface area contributed by atoms with E-state index in [1.54, 1.807) is 0 Å². The summed E-state index contributed by atoms with van der Waals surface area (Å²) in [5, 5.41) is 0. The molecule has 0 N–H and O–H groups in total. The lowest BCUT2D eigenvalue weighted by atomic mass is 9.78. The molecule has 94 heavy (non-hydrogen) atoms. The fourth-order valence-corrected chi connectivity index (χ4v) is 7.29. The highest BCUT2D eigenvalue weighted by molar-refractivity contribution is 5.80. The van der Waals surface area contributed by atoms with E-state index in [2.05, 4.69) is 89.3 Å². The van der Waals surface area contributed by atoms with Crippen molar-refractivity contribution in [1.82, 2.24) is 0 Å². The summed E-state index contributed by atoms with van der Waals surface area (Å²) in [5.41, 5.74) is 1.68. The van der Waals surface area contributed by atoms with Crippen LogP contribution >= 0.6 is 0 Å². The normalized spacial score (nSPS) is 14.0. The third-order valence-electron chi connectivity index (χ3n) is 16.1. The molecule has 2 atom stereocenters. The Bertz CT molecular complexity index is 2080. The quantitative estimate of drug-likeness (QED) is 0.0405. The van der Waals surface area contributed by atoms with Gasteiger partial charge in [0.15, 0.2) is 0 Å². The number of carbonyl (C=O) groups excluding carboxylic acids is 8. The number of hydrogen-bond donors (Lipinski definition) is 0. The Labute approximate surface area is 577 Å². The maximum absolute atomic E-state index is 11.6. The molecule has 16 nitrogen and oxygen atoms in total. The zero-order chi connectivity index (χ0) is 75.7. The maximum atomic E-state index is 11.6. The standard InChI is InChI=1S/C11H20O2.C11H22O2.C10H18O2.2C10H20O2.C9H16O2.C9H18O2.C8H14O2/c1-8(2)11(5-6-11)7-10(12)13-9(3)4;1-8(2)11(5,6)7-10(12)13-9(3)4;1-7(2)10(5-6-10)9(11)12-8(3)4;1-7(2)10(5,6)9(11)12-8(3)4;1-7(2)9(5)6-10(11)12-8(3)4;1-7(2)5-6-9(10)11-8(3)4;1-6(2)8(5)9(10)11-7(3)4;1-6(2)5-8(9)10-7(3)4/h8-9H,5-7H2,1-4H3;8-9H,7H2,1-6H3;7-8H,5-6H2,1-4H3;7-8H,1-6H3;7-9H,6H2,1-5H3;8H,1,5-6H2,2-4H3;6-8H,1-5H3;7H,1,5H2,2-4H3. The van der Waals surface area contributed by atoms with Gasteiger partial charge in [0, 0.05) is 12.8 Å². The monoisotopic (exact) mass is 1340 g/mol. The number of ether oxygens (including phenoxy) is 8. The summed E-state index contributed by atoms with van der Waals surface area (Å²) < 4.78 is 40.4. The number of carbonyl (C=O) groups is 8. The van der Waals surface area contributed by atoms with E-state index < -0.39 is 0 Å². The van der Waals surface area contributed by atoms with E-state index >= 15 is 0 Å². The van der Waals surface area contributed by atoms with Gasteiger partial charge in [-0.25, -0.2) is 0 Å². The summed E-state index contributed by atoms with van der Waals surface area (Å²) in [6, 6.07) is 0. The average Bonchev–Trinajstić information content (AvgIpc) is 1.62. The number of rotatable bonds is 28. The zero-order valence-electron chi connectivity index (χ0n) is 67.3. The fourth-order valence-electron chi connectivity index (χ4n) is 7.29. The van der Waals surface area contributed by atoms with Crippen LogP contribution in [0.4, 0.5) is 0 Å². The van der Waals surface area contributed by atoms with Crippen molar-refractivity contribution in [2.45, 2.75) is 362 Å². The van der Waals surface area contributed by atoms with Crippen LogP contribution in [0, 0.1) is 69.0 Å². The highest BCUT2D eigenvalue weighted by Crippen LogP contribution is 2.55. The second-order valence-electron chi connectivity index (χ2n) is 31.3. The van der Waals surface area contributed by atoms with Gasteiger partial charge >= 0.3 is 47.8 Å². The van der Waals surface area contributed by atoms with Crippen molar-refractivity contribution in [3.8, 4) is 0 Å². The molecule has 0 amide bonds. The van der Waals surface area contributed by atoms with E-state index in [0.717, 1.165) is 30.4 Å². The lowest BCUT2D eigenvalue weighted by molar-refractivity contribution is -0.160. The average molecular weight is 1340 g/mol. The van der Waals surface area contributed by atoms with Crippen LogP contribution in [0.15, 0.2) is 24.3 Å². The molecule has 2 unspecified atom stereocenters. The van der Waals surface area contributed by atoms with Crippen molar-refractivity contribution in [2.75, 3.05) is 0 Å².